The third-order valence-corrected chi connectivity index (χ3v) is 5.44. The van der Waals surface area contributed by atoms with E-state index in [-0.39, 0.29) is 0 Å². The molecular formula is C3H10O6P2. The van der Waals surface area contributed by atoms with E-state index in [1.807, 2.05) is 0 Å². The lowest BCUT2D eigenvalue weighted by Gasteiger charge is -2.17. The molecule has 0 spiro atoms. The molecule has 8 heteroatoms. The maximum Gasteiger partial charge on any atom is 0.342 e. The molecule has 68 valence electrons. The highest BCUT2D eigenvalue weighted by Gasteiger charge is 2.40. The van der Waals surface area contributed by atoms with Crippen molar-refractivity contribution in [2.45, 2.75) is 12.3 Å². The van der Waals surface area contributed by atoms with Crippen LogP contribution < -0.4 is 0 Å². The molecule has 0 rings (SSSR count). The van der Waals surface area contributed by atoms with Gasteiger partial charge < -0.3 is 19.2 Å². The Hall–Kier alpha value is 0.300. The summed E-state index contributed by atoms with van der Waals surface area (Å²) in [6, 6.07) is 0. The van der Waals surface area contributed by atoms with Crippen LogP contribution in [0.4, 0.5) is 0 Å². The normalized spacial score (nSPS) is 20.8. The minimum absolute atomic E-state index is 0.924. The second-order valence-corrected chi connectivity index (χ2v) is 6.60. The van der Waals surface area contributed by atoms with Gasteiger partial charge in [-0.25, -0.2) is 0 Å². The van der Waals surface area contributed by atoms with Gasteiger partial charge >= 0.3 is 15.2 Å². The summed E-state index contributed by atoms with van der Waals surface area (Å²) in [5.74, 6) is 0. The van der Waals surface area contributed by atoms with Crippen LogP contribution in [-0.4, -0.2) is 27.2 Å². The zero-order valence-corrected chi connectivity index (χ0v) is 7.83. The largest absolute Gasteiger partial charge is 0.342 e. The topological polar surface area (TPSA) is 104 Å². The fourth-order valence-corrected chi connectivity index (χ4v) is 2.45. The quantitative estimate of drug-likeness (QED) is 0.572. The van der Waals surface area contributed by atoms with Gasteiger partial charge in [-0.15, -0.1) is 0 Å². The highest BCUT2D eigenvalue weighted by molar-refractivity contribution is 7.71. The van der Waals surface area contributed by atoms with Crippen molar-refractivity contribution in [3.05, 3.63) is 0 Å². The van der Waals surface area contributed by atoms with Crippen molar-refractivity contribution in [1.82, 2.24) is 0 Å². The van der Waals surface area contributed by atoms with Gasteiger partial charge in [0, 0.05) is 7.11 Å². The van der Waals surface area contributed by atoms with Crippen LogP contribution in [0.15, 0.2) is 0 Å². The smallest absolute Gasteiger partial charge is 0.324 e. The first kappa shape index (κ1) is 11.3. The van der Waals surface area contributed by atoms with Crippen LogP contribution in [0, 0.1) is 0 Å². The standard InChI is InChI=1S/C3H10O6P2/c1-3(10(4,5)6)11(7,8)9-2/h3H,1-2H3,(H,7,8)(H2,4,5,6). The SMILES string of the molecule is COP(=O)(O)C(C)P(=O)(O)O. The first-order valence-corrected chi connectivity index (χ1v) is 5.98. The Morgan fingerprint density at radius 1 is 1.27 bits per heavy atom. The van der Waals surface area contributed by atoms with Gasteiger partial charge in [-0.1, -0.05) is 0 Å². The van der Waals surface area contributed by atoms with Crippen LogP contribution in [0.25, 0.3) is 0 Å². The minimum Gasteiger partial charge on any atom is -0.324 e. The molecule has 0 aliphatic heterocycles. The van der Waals surface area contributed by atoms with E-state index in [0.717, 1.165) is 14.0 Å². The lowest BCUT2D eigenvalue weighted by Crippen LogP contribution is -2.05. The Labute approximate surface area is 63.9 Å². The van der Waals surface area contributed by atoms with Crippen molar-refractivity contribution < 1.29 is 28.3 Å². The van der Waals surface area contributed by atoms with E-state index in [1.54, 1.807) is 0 Å². The molecule has 2 unspecified atom stereocenters. The summed E-state index contributed by atoms with van der Waals surface area (Å²) in [6.45, 7) is 0.963. The third-order valence-electron chi connectivity index (χ3n) is 1.22. The predicted molar refractivity (Wildman–Crippen MR) is 38.3 cm³/mol. The highest BCUT2D eigenvalue weighted by atomic mass is 31.2. The van der Waals surface area contributed by atoms with Crippen LogP contribution in [0.1, 0.15) is 6.92 Å². The minimum atomic E-state index is -4.53. The Morgan fingerprint density at radius 3 is 1.73 bits per heavy atom. The molecule has 0 bridgehead atoms. The lowest BCUT2D eigenvalue weighted by atomic mass is 11.0. The van der Waals surface area contributed by atoms with E-state index in [4.69, 9.17) is 14.7 Å². The van der Waals surface area contributed by atoms with Crippen LogP contribution in [0.2, 0.25) is 0 Å². The maximum atomic E-state index is 10.8. The van der Waals surface area contributed by atoms with E-state index in [1.165, 1.54) is 0 Å². The molecule has 0 aliphatic carbocycles. The first-order valence-electron chi connectivity index (χ1n) is 2.65. The molecule has 0 heterocycles. The van der Waals surface area contributed by atoms with Crippen molar-refractivity contribution in [1.29, 1.82) is 0 Å². The molecule has 0 saturated heterocycles. The van der Waals surface area contributed by atoms with Crippen molar-refractivity contribution in [2.24, 2.45) is 0 Å². The second-order valence-electron chi connectivity index (χ2n) is 1.97. The summed E-state index contributed by atoms with van der Waals surface area (Å²) >= 11 is 0. The van der Waals surface area contributed by atoms with E-state index in [9.17, 15) is 9.13 Å². The fourth-order valence-electron chi connectivity index (χ4n) is 0.343. The number of hydrogen-bond donors (Lipinski definition) is 3. The van der Waals surface area contributed by atoms with Gasteiger partial charge in [-0.05, 0) is 6.92 Å². The maximum absolute atomic E-state index is 10.8. The summed E-state index contributed by atoms with van der Waals surface area (Å²) in [5.41, 5.74) is 0. The van der Waals surface area contributed by atoms with Crippen molar-refractivity contribution in [3.63, 3.8) is 0 Å². The summed E-state index contributed by atoms with van der Waals surface area (Å²) < 4.78 is 25.2. The van der Waals surface area contributed by atoms with Crippen LogP contribution in [-0.2, 0) is 13.7 Å². The summed E-state index contributed by atoms with van der Waals surface area (Å²) in [6.07, 6.45) is 0. The van der Waals surface area contributed by atoms with Gasteiger partial charge in [0.25, 0.3) is 0 Å². The van der Waals surface area contributed by atoms with Gasteiger partial charge in [0.15, 0.2) is 5.40 Å². The van der Waals surface area contributed by atoms with Gasteiger partial charge in [0.1, 0.15) is 0 Å². The summed E-state index contributed by atoms with van der Waals surface area (Å²) in [5, 5.41) is -1.67. The Balaban J connectivity index is 4.64. The summed E-state index contributed by atoms with van der Waals surface area (Å²) in [4.78, 5) is 25.7. The summed E-state index contributed by atoms with van der Waals surface area (Å²) in [7, 11) is -7.76. The predicted octanol–water partition coefficient (Wildman–Crippen LogP) is 0.342. The molecule has 0 saturated carbocycles. The average Bonchev–Trinajstić information content (AvgIpc) is 1.84. The molecule has 0 aromatic heterocycles. The van der Waals surface area contributed by atoms with Gasteiger partial charge in [0.2, 0.25) is 0 Å². The van der Waals surface area contributed by atoms with Crippen LogP contribution in [0.3, 0.4) is 0 Å². The molecule has 0 aliphatic rings. The molecule has 0 aromatic carbocycles. The Morgan fingerprint density at radius 2 is 1.64 bits per heavy atom. The van der Waals surface area contributed by atoms with Crippen LogP contribution in [0.5, 0.6) is 0 Å². The van der Waals surface area contributed by atoms with Crippen molar-refractivity contribution in [2.75, 3.05) is 7.11 Å². The third kappa shape index (κ3) is 3.03. The second kappa shape index (κ2) is 3.35. The first-order chi connectivity index (χ1) is 4.72. The van der Waals surface area contributed by atoms with Crippen molar-refractivity contribution in [3.8, 4) is 0 Å². The zero-order chi connectivity index (χ0) is 9.28. The van der Waals surface area contributed by atoms with Gasteiger partial charge in [-0.2, -0.15) is 0 Å². The van der Waals surface area contributed by atoms with E-state index < -0.39 is 20.6 Å². The van der Waals surface area contributed by atoms with Crippen molar-refractivity contribution >= 4 is 15.2 Å². The zero-order valence-electron chi connectivity index (χ0n) is 6.04. The number of hydrogen-bond acceptors (Lipinski definition) is 3. The molecular weight excluding hydrogens is 194 g/mol. The lowest BCUT2D eigenvalue weighted by molar-refractivity contribution is 0.303. The van der Waals surface area contributed by atoms with E-state index in [0.29, 0.717) is 0 Å². The molecule has 0 fully saturated rings. The Kier molecular flexibility index (Phi) is 3.44. The molecule has 6 nitrogen and oxygen atoms in total. The highest BCUT2D eigenvalue weighted by Crippen LogP contribution is 2.61. The molecule has 0 amide bonds. The fraction of sp³-hybridized carbons (Fsp3) is 1.00. The van der Waals surface area contributed by atoms with Crippen LogP contribution >= 0.6 is 15.2 Å². The Bertz CT molecular complexity index is 218. The number of rotatable bonds is 3. The molecule has 0 radical (unpaired) electrons. The molecule has 3 N–H and O–H groups in total. The van der Waals surface area contributed by atoms with Gasteiger partial charge in [-0.3, -0.25) is 9.13 Å². The molecule has 2 atom stereocenters. The van der Waals surface area contributed by atoms with E-state index >= 15 is 0 Å². The van der Waals surface area contributed by atoms with E-state index in [2.05, 4.69) is 4.52 Å². The average molecular weight is 204 g/mol. The van der Waals surface area contributed by atoms with Gasteiger partial charge in [0.05, 0.1) is 0 Å². The molecule has 11 heavy (non-hydrogen) atoms. The monoisotopic (exact) mass is 204 g/mol. The molecule has 0 aromatic rings.